The third kappa shape index (κ3) is 3.14. The fourth-order valence-corrected chi connectivity index (χ4v) is 3.82. The Bertz CT molecular complexity index is 992. The van der Waals surface area contributed by atoms with Crippen molar-refractivity contribution in [2.75, 3.05) is 63.9 Å². The van der Waals surface area contributed by atoms with E-state index in [1.807, 2.05) is 29.2 Å². The number of para-hydroxylation sites is 2. The first-order chi connectivity index (χ1) is 13.8. The van der Waals surface area contributed by atoms with Gasteiger partial charge in [0.25, 0.3) is 0 Å². The van der Waals surface area contributed by atoms with Crippen molar-refractivity contribution in [3.05, 3.63) is 24.3 Å². The van der Waals surface area contributed by atoms with Crippen molar-refractivity contribution in [3.8, 4) is 0 Å². The molecule has 0 aliphatic carbocycles. The van der Waals surface area contributed by atoms with Gasteiger partial charge < -0.3 is 14.5 Å². The molecular formula is C18H22N8O2. The number of fused-ring (bicyclic) bond motifs is 3. The Hall–Kier alpha value is -2.85. The average Bonchev–Trinajstić information content (AvgIpc) is 3.24. The highest BCUT2D eigenvalue weighted by molar-refractivity contribution is 5.82. The van der Waals surface area contributed by atoms with Gasteiger partial charge in [0.15, 0.2) is 5.82 Å². The van der Waals surface area contributed by atoms with Crippen molar-refractivity contribution in [2.45, 2.75) is 0 Å². The third-order valence-corrected chi connectivity index (χ3v) is 5.40. The molecule has 2 fully saturated rings. The summed E-state index contributed by atoms with van der Waals surface area (Å²) in [4.78, 5) is 23.7. The average molecular weight is 382 g/mol. The van der Waals surface area contributed by atoms with E-state index in [1.54, 1.807) is 4.52 Å². The van der Waals surface area contributed by atoms with Crippen LogP contribution in [0, 0.1) is 0 Å². The molecule has 5 rings (SSSR count). The Morgan fingerprint density at radius 3 is 2.64 bits per heavy atom. The second kappa shape index (κ2) is 7.28. The van der Waals surface area contributed by atoms with Crippen LogP contribution in [0.15, 0.2) is 24.3 Å². The van der Waals surface area contributed by atoms with E-state index in [4.69, 9.17) is 9.72 Å². The number of anilines is 1. The van der Waals surface area contributed by atoms with Crippen molar-refractivity contribution in [3.63, 3.8) is 0 Å². The molecule has 2 aromatic heterocycles. The molecule has 0 saturated carbocycles. The topological polar surface area (TPSA) is 92.0 Å². The second-order valence-corrected chi connectivity index (χ2v) is 7.09. The normalized spacial score (nSPS) is 18.9. The zero-order valence-corrected chi connectivity index (χ0v) is 15.6. The number of aromatic nitrogens is 5. The summed E-state index contributed by atoms with van der Waals surface area (Å²) in [5.74, 6) is 0.950. The Balaban J connectivity index is 1.31. The van der Waals surface area contributed by atoms with Crippen LogP contribution in [0.1, 0.15) is 0 Å². The standard InChI is InChI=1S/C18H22N8O2/c27-16(13-23-9-11-28-12-10-23)24-5-7-25(8-6-24)17-18-20-21-22-26(18)15-4-2-1-3-14(15)19-17/h1-4H,5-13H2. The van der Waals surface area contributed by atoms with E-state index in [2.05, 4.69) is 25.3 Å². The quantitative estimate of drug-likeness (QED) is 0.607. The smallest absolute Gasteiger partial charge is 0.236 e. The van der Waals surface area contributed by atoms with E-state index in [9.17, 15) is 4.79 Å². The van der Waals surface area contributed by atoms with Gasteiger partial charge >= 0.3 is 0 Å². The lowest BCUT2D eigenvalue weighted by molar-refractivity contribution is -0.133. The molecule has 0 unspecified atom stereocenters. The van der Waals surface area contributed by atoms with Crippen molar-refractivity contribution >= 4 is 28.4 Å². The molecule has 10 nitrogen and oxygen atoms in total. The van der Waals surface area contributed by atoms with Crippen LogP contribution >= 0.6 is 0 Å². The maximum Gasteiger partial charge on any atom is 0.236 e. The molecule has 2 aliphatic heterocycles. The Labute approximate surface area is 161 Å². The van der Waals surface area contributed by atoms with Crippen molar-refractivity contribution in [2.24, 2.45) is 0 Å². The van der Waals surface area contributed by atoms with Crippen molar-refractivity contribution < 1.29 is 9.53 Å². The van der Waals surface area contributed by atoms with Crippen LogP contribution in [0.5, 0.6) is 0 Å². The fourth-order valence-electron chi connectivity index (χ4n) is 3.82. The summed E-state index contributed by atoms with van der Waals surface area (Å²) in [5, 5.41) is 12.1. The molecule has 1 amide bonds. The fraction of sp³-hybridized carbons (Fsp3) is 0.500. The van der Waals surface area contributed by atoms with E-state index < -0.39 is 0 Å². The number of morpholine rings is 1. The number of carbonyl (C=O) groups is 1. The molecule has 3 aromatic rings. The highest BCUT2D eigenvalue weighted by atomic mass is 16.5. The van der Waals surface area contributed by atoms with Crippen LogP contribution in [0.3, 0.4) is 0 Å². The van der Waals surface area contributed by atoms with Gasteiger partial charge in [-0.3, -0.25) is 9.69 Å². The minimum atomic E-state index is 0.183. The molecule has 0 radical (unpaired) electrons. The summed E-state index contributed by atoms with van der Waals surface area (Å²) in [6.45, 7) is 6.29. The number of rotatable bonds is 3. The first kappa shape index (κ1) is 17.3. The lowest BCUT2D eigenvalue weighted by Gasteiger charge is -2.36. The third-order valence-electron chi connectivity index (χ3n) is 5.40. The molecule has 1 aromatic carbocycles. The highest BCUT2D eigenvalue weighted by Gasteiger charge is 2.26. The van der Waals surface area contributed by atoms with Gasteiger partial charge in [0.2, 0.25) is 11.6 Å². The number of amides is 1. The summed E-state index contributed by atoms with van der Waals surface area (Å²) in [7, 11) is 0. The molecule has 0 N–H and O–H groups in total. The van der Waals surface area contributed by atoms with Gasteiger partial charge in [0.1, 0.15) is 0 Å². The van der Waals surface area contributed by atoms with Gasteiger partial charge in [-0.2, -0.15) is 4.52 Å². The van der Waals surface area contributed by atoms with Crippen molar-refractivity contribution in [1.82, 2.24) is 34.8 Å². The number of benzene rings is 1. The number of ether oxygens (including phenoxy) is 1. The number of hydrogen-bond donors (Lipinski definition) is 0. The van der Waals surface area contributed by atoms with Gasteiger partial charge in [0, 0.05) is 39.3 Å². The van der Waals surface area contributed by atoms with Crippen LogP contribution in [-0.4, -0.2) is 99.8 Å². The van der Waals surface area contributed by atoms with Gasteiger partial charge in [0.05, 0.1) is 30.8 Å². The van der Waals surface area contributed by atoms with E-state index in [1.165, 1.54) is 0 Å². The van der Waals surface area contributed by atoms with E-state index in [0.717, 1.165) is 29.9 Å². The predicted molar refractivity (Wildman–Crippen MR) is 102 cm³/mol. The Morgan fingerprint density at radius 2 is 1.82 bits per heavy atom. The molecule has 0 spiro atoms. The summed E-state index contributed by atoms with van der Waals surface area (Å²) in [6, 6.07) is 7.82. The maximum atomic E-state index is 12.6. The molecule has 0 atom stereocenters. The van der Waals surface area contributed by atoms with Crippen LogP contribution < -0.4 is 4.90 Å². The number of piperazine rings is 1. The lowest BCUT2D eigenvalue weighted by Crippen LogP contribution is -2.52. The van der Waals surface area contributed by atoms with Gasteiger partial charge in [-0.15, -0.1) is 5.10 Å². The number of tetrazole rings is 1. The number of carbonyl (C=O) groups excluding carboxylic acids is 1. The van der Waals surface area contributed by atoms with Crippen LogP contribution in [0.4, 0.5) is 5.82 Å². The highest BCUT2D eigenvalue weighted by Crippen LogP contribution is 2.23. The van der Waals surface area contributed by atoms with E-state index in [0.29, 0.717) is 51.6 Å². The zero-order chi connectivity index (χ0) is 18.9. The molecule has 146 valence electrons. The van der Waals surface area contributed by atoms with Crippen molar-refractivity contribution in [1.29, 1.82) is 0 Å². The van der Waals surface area contributed by atoms with E-state index in [-0.39, 0.29) is 5.91 Å². The Morgan fingerprint density at radius 1 is 1.04 bits per heavy atom. The summed E-state index contributed by atoms with van der Waals surface area (Å²) < 4.78 is 7.08. The lowest BCUT2D eigenvalue weighted by atomic mass is 10.2. The molecule has 2 aliphatic rings. The Kier molecular flexibility index (Phi) is 4.49. The SMILES string of the molecule is O=C(CN1CCOCC1)N1CCN(c2nc3ccccc3n3nnnc23)CC1. The van der Waals surface area contributed by atoms with Gasteiger partial charge in [-0.25, -0.2) is 4.98 Å². The van der Waals surface area contributed by atoms with E-state index >= 15 is 0 Å². The summed E-state index contributed by atoms with van der Waals surface area (Å²) >= 11 is 0. The predicted octanol–water partition coefficient (Wildman–Crippen LogP) is -0.347. The molecule has 10 heteroatoms. The molecule has 4 heterocycles. The minimum Gasteiger partial charge on any atom is -0.379 e. The zero-order valence-electron chi connectivity index (χ0n) is 15.6. The number of hydrogen-bond acceptors (Lipinski definition) is 8. The van der Waals surface area contributed by atoms with Crippen LogP contribution in [-0.2, 0) is 9.53 Å². The molecule has 2 saturated heterocycles. The molecule has 0 bridgehead atoms. The first-order valence-electron chi connectivity index (χ1n) is 9.59. The monoisotopic (exact) mass is 382 g/mol. The minimum absolute atomic E-state index is 0.183. The molecule has 28 heavy (non-hydrogen) atoms. The summed E-state index contributed by atoms with van der Waals surface area (Å²) in [5.41, 5.74) is 2.38. The van der Waals surface area contributed by atoms with Gasteiger partial charge in [-0.05, 0) is 22.6 Å². The largest absolute Gasteiger partial charge is 0.379 e. The van der Waals surface area contributed by atoms with Crippen LogP contribution in [0.2, 0.25) is 0 Å². The van der Waals surface area contributed by atoms with Gasteiger partial charge in [-0.1, -0.05) is 12.1 Å². The van der Waals surface area contributed by atoms with Crippen LogP contribution in [0.25, 0.3) is 16.7 Å². The second-order valence-electron chi connectivity index (χ2n) is 7.09. The number of nitrogens with zero attached hydrogens (tertiary/aromatic N) is 8. The first-order valence-corrected chi connectivity index (χ1v) is 9.59. The maximum absolute atomic E-state index is 12.6. The summed E-state index contributed by atoms with van der Waals surface area (Å²) in [6.07, 6.45) is 0. The molecular weight excluding hydrogens is 360 g/mol.